The minimum atomic E-state index is -0.0432. The number of carbonyl (C=O) groups is 1. The van der Waals surface area contributed by atoms with Gasteiger partial charge in [-0.25, -0.2) is 9.97 Å². The molecule has 0 saturated carbocycles. The zero-order valence-electron chi connectivity index (χ0n) is 13.1. The number of fused-ring (bicyclic) bond motifs is 1. The molecule has 0 aliphatic carbocycles. The summed E-state index contributed by atoms with van der Waals surface area (Å²) in [6.45, 7) is 2.61. The van der Waals surface area contributed by atoms with Crippen molar-refractivity contribution in [2.75, 3.05) is 6.54 Å². The highest BCUT2D eigenvalue weighted by molar-refractivity contribution is 6.31. The number of H-pyrrole nitrogens is 1. The van der Waals surface area contributed by atoms with E-state index in [1.807, 2.05) is 37.3 Å². The lowest BCUT2D eigenvalue weighted by molar-refractivity contribution is 0.0946. The van der Waals surface area contributed by atoms with E-state index in [9.17, 15) is 4.79 Å². The van der Waals surface area contributed by atoms with Crippen molar-refractivity contribution in [1.82, 2.24) is 20.3 Å². The normalized spacial score (nSPS) is 13.5. The number of nitrogens with one attached hydrogen (secondary N) is 2. The van der Waals surface area contributed by atoms with E-state index < -0.39 is 0 Å². The van der Waals surface area contributed by atoms with E-state index in [1.54, 1.807) is 6.20 Å². The number of rotatable bonds is 2. The first kappa shape index (κ1) is 14.9. The summed E-state index contributed by atoms with van der Waals surface area (Å²) in [6, 6.07) is 9.44. The van der Waals surface area contributed by atoms with Gasteiger partial charge in [-0.05, 0) is 30.7 Å². The van der Waals surface area contributed by atoms with Gasteiger partial charge in [-0.3, -0.25) is 4.79 Å². The summed E-state index contributed by atoms with van der Waals surface area (Å²) in [7, 11) is 0. The summed E-state index contributed by atoms with van der Waals surface area (Å²) in [5.74, 6) is 0.560. The van der Waals surface area contributed by atoms with Crippen LogP contribution in [0.4, 0.5) is 0 Å². The number of aromatic amines is 1. The molecule has 5 nitrogen and oxygen atoms in total. The van der Waals surface area contributed by atoms with Gasteiger partial charge in [0.1, 0.15) is 0 Å². The number of carbonyl (C=O) groups excluding carboxylic acids is 1. The summed E-state index contributed by atoms with van der Waals surface area (Å²) in [6.07, 6.45) is 2.51. The van der Waals surface area contributed by atoms with Crippen molar-refractivity contribution in [1.29, 1.82) is 0 Å². The summed E-state index contributed by atoms with van der Waals surface area (Å²) in [5.41, 5.74) is 5.08. The third-order valence-electron chi connectivity index (χ3n) is 4.17. The van der Waals surface area contributed by atoms with E-state index in [-0.39, 0.29) is 5.91 Å². The Kier molecular flexibility index (Phi) is 3.58. The average molecular weight is 339 g/mol. The summed E-state index contributed by atoms with van der Waals surface area (Å²) in [5, 5.41) is 3.53. The van der Waals surface area contributed by atoms with Gasteiger partial charge < -0.3 is 10.3 Å². The standard InChI is InChI=1S/C18H15ClN4O/c1-10-2-3-11(8-13(10)19)17-20-6-5-15(23-17)16-9-12-14(22-16)4-7-21-18(12)24/h2-3,5-6,8-9,22H,4,7H2,1H3,(H,21,24). The highest BCUT2D eigenvalue weighted by Crippen LogP contribution is 2.26. The lowest BCUT2D eigenvalue weighted by Crippen LogP contribution is -2.31. The Hall–Kier alpha value is -2.66. The molecule has 1 aromatic carbocycles. The van der Waals surface area contributed by atoms with E-state index >= 15 is 0 Å². The second-order valence-corrected chi connectivity index (χ2v) is 6.22. The predicted octanol–water partition coefficient (Wildman–Crippen LogP) is 3.39. The van der Waals surface area contributed by atoms with Crippen molar-refractivity contribution in [2.24, 2.45) is 0 Å². The predicted molar refractivity (Wildman–Crippen MR) is 93.0 cm³/mol. The minimum absolute atomic E-state index is 0.0432. The molecule has 3 heterocycles. The maximum atomic E-state index is 11.9. The Morgan fingerprint density at radius 3 is 2.88 bits per heavy atom. The molecule has 1 aliphatic heterocycles. The average Bonchev–Trinajstić information content (AvgIpc) is 3.03. The lowest BCUT2D eigenvalue weighted by Gasteiger charge is -2.10. The maximum Gasteiger partial charge on any atom is 0.253 e. The molecule has 0 radical (unpaired) electrons. The fourth-order valence-corrected chi connectivity index (χ4v) is 2.99. The molecular weight excluding hydrogens is 324 g/mol. The Morgan fingerprint density at radius 2 is 2.08 bits per heavy atom. The Balaban J connectivity index is 1.75. The topological polar surface area (TPSA) is 70.7 Å². The van der Waals surface area contributed by atoms with E-state index in [0.29, 0.717) is 23.0 Å². The fraction of sp³-hybridized carbons (Fsp3) is 0.167. The van der Waals surface area contributed by atoms with E-state index in [0.717, 1.165) is 34.6 Å². The van der Waals surface area contributed by atoms with Crippen LogP contribution in [0, 0.1) is 6.92 Å². The minimum Gasteiger partial charge on any atom is -0.356 e. The smallest absolute Gasteiger partial charge is 0.253 e. The van der Waals surface area contributed by atoms with Crippen LogP contribution in [0.25, 0.3) is 22.8 Å². The maximum absolute atomic E-state index is 11.9. The van der Waals surface area contributed by atoms with Crippen LogP contribution in [0.3, 0.4) is 0 Å². The van der Waals surface area contributed by atoms with Crippen LogP contribution in [0.15, 0.2) is 36.5 Å². The van der Waals surface area contributed by atoms with E-state index in [4.69, 9.17) is 11.6 Å². The summed E-state index contributed by atoms with van der Waals surface area (Å²) in [4.78, 5) is 24.2. The van der Waals surface area contributed by atoms with E-state index in [1.165, 1.54) is 0 Å². The number of hydrogen-bond acceptors (Lipinski definition) is 3. The molecule has 2 aromatic heterocycles. The number of halogens is 1. The second-order valence-electron chi connectivity index (χ2n) is 5.81. The molecule has 120 valence electrons. The van der Waals surface area contributed by atoms with Gasteiger partial charge in [-0.2, -0.15) is 0 Å². The highest BCUT2D eigenvalue weighted by atomic mass is 35.5. The first-order valence-corrected chi connectivity index (χ1v) is 8.09. The number of aryl methyl sites for hydroxylation is 1. The zero-order valence-corrected chi connectivity index (χ0v) is 13.8. The summed E-state index contributed by atoms with van der Waals surface area (Å²) < 4.78 is 0. The molecule has 6 heteroatoms. The lowest BCUT2D eigenvalue weighted by atomic mass is 10.1. The molecular formula is C18H15ClN4O. The first-order chi connectivity index (χ1) is 11.6. The Labute approximate surface area is 144 Å². The van der Waals surface area contributed by atoms with Gasteiger partial charge in [0.05, 0.1) is 17.0 Å². The highest BCUT2D eigenvalue weighted by Gasteiger charge is 2.20. The number of nitrogens with zero attached hydrogens (tertiary/aromatic N) is 2. The van der Waals surface area contributed by atoms with Crippen LogP contribution in [0.2, 0.25) is 5.02 Å². The molecule has 0 unspecified atom stereocenters. The molecule has 0 atom stereocenters. The molecule has 0 fully saturated rings. The van der Waals surface area contributed by atoms with E-state index in [2.05, 4.69) is 20.3 Å². The number of amides is 1. The van der Waals surface area contributed by atoms with Gasteiger partial charge in [-0.1, -0.05) is 23.7 Å². The van der Waals surface area contributed by atoms with Crippen molar-refractivity contribution in [3.63, 3.8) is 0 Å². The molecule has 4 rings (SSSR count). The van der Waals surface area contributed by atoms with Crippen LogP contribution < -0.4 is 5.32 Å². The molecule has 0 spiro atoms. The van der Waals surface area contributed by atoms with Crippen molar-refractivity contribution < 1.29 is 4.79 Å². The van der Waals surface area contributed by atoms with Crippen molar-refractivity contribution in [2.45, 2.75) is 13.3 Å². The molecule has 2 N–H and O–H groups in total. The van der Waals surface area contributed by atoms with Gasteiger partial charge >= 0.3 is 0 Å². The van der Waals surface area contributed by atoms with Crippen molar-refractivity contribution in [3.05, 3.63) is 58.4 Å². The first-order valence-electron chi connectivity index (χ1n) is 7.72. The third-order valence-corrected chi connectivity index (χ3v) is 4.57. The number of hydrogen-bond donors (Lipinski definition) is 2. The second kappa shape index (κ2) is 5.76. The Morgan fingerprint density at radius 1 is 1.21 bits per heavy atom. The van der Waals surface area contributed by atoms with Gasteiger partial charge in [0.15, 0.2) is 5.82 Å². The monoisotopic (exact) mass is 338 g/mol. The Bertz CT molecular complexity index is 948. The summed E-state index contributed by atoms with van der Waals surface area (Å²) >= 11 is 6.20. The van der Waals surface area contributed by atoms with Gasteiger partial charge in [0.25, 0.3) is 5.91 Å². The molecule has 1 aliphatic rings. The number of aromatic nitrogens is 3. The fourth-order valence-electron chi connectivity index (χ4n) is 2.81. The van der Waals surface area contributed by atoms with Gasteiger partial charge in [0.2, 0.25) is 0 Å². The molecule has 24 heavy (non-hydrogen) atoms. The van der Waals surface area contributed by atoms with Crippen molar-refractivity contribution >= 4 is 17.5 Å². The molecule has 0 saturated heterocycles. The largest absolute Gasteiger partial charge is 0.356 e. The number of benzene rings is 1. The molecule has 3 aromatic rings. The van der Waals surface area contributed by atoms with Gasteiger partial charge in [0, 0.05) is 35.4 Å². The van der Waals surface area contributed by atoms with Gasteiger partial charge in [-0.15, -0.1) is 0 Å². The molecule has 0 bridgehead atoms. The molecule has 1 amide bonds. The van der Waals surface area contributed by atoms with Crippen LogP contribution >= 0.6 is 11.6 Å². The van der Waals surface area contributed by atoms with Crippen LogP contribution in [-0.4, -0.2) is 27.4 Å². The van der Waals surface area contributed by atoms with Crippen LogP contribution in [0.1, 0.15) is 21.6 Å². The van der Waals surface area contributed by atoms with Crippen molar-refractivity contribution in [3.8, 4) is 22.8 Å². The van der Waals surface area contributed by atoms with Crippen LogP contribution in [-0.2, 0) is 6.42 Å². The zero-order chi connectivity index (χ0) is 16.7. The quantitative estimate of drug-likeness (QED) is 0.752. The third kappa shape index (κ3) is 2.57. The SMILES string of the molecule is Cc1ccc(-c2nccc(-c3cc4c([nH]3)CCNC4=O)n2)cc1Cl. The van der Waals surface area contributed by atoms with Crippen LogP contribution in [0.5, 0.6) is 0 Å².